The third kappa shape index (κ3) is 6.91. The summed E-state index contributed by atoms with van der Waals surface area (Å²) in [7, 11) is 6.04. The van der Waals surface area contributed by atoms with E-state index in [-0.39, 0.29) is 5.91 Å². The number of hydrogen-bond acceptors (Lipinski definition) is 9. The van der Waals surface area contributed by atoms with Gasteiger partial charge in [-0.3, -0.25) is 9.79 Å². The highest BCUT2D eigenvalue weighted by molar-refractivity contribution is 6.41. The van der Waals surface area contributed by atoms with E-state index in [1.165, 1.54) is 6.20 Å². The number of benzene rings is 2. The van der Waals surface area contributed by atoms with Gasteiger partial charge in [0.15, 0.2) is 0 Å². The summed E-state index contributed by atoms with van der Waals surface area (Å²) in [5, 5.41) is 6.23. The highest BCUT2D eigenvalue weighted by Gasteiger charge is 2.22. The van der Waals surface area contributed by atoms with Crippen LogP contribution < -0.4 is 21.3 Å². The molecular weight excluding hydrogens is 490 g/mol. The Morgan fingerprint density at radius 2 is 1.95 bits per heavy atom. The molecule has 0 spiro atoms. The smallest absolute Gasteiger partial charge is 0.255 e. The van der Waals surface area contributed by atoms with Gasteiger partial charge in [0.1, 0.15) is 17.2 Å². The monoisotopic (exact) mass is 527 g/mol. The molecular formula is C29H37N9O. The van der Waals surface area contributed by atoms with Crippen molar-refractivity contribution in [3.05, 3.63) is 77.9 Å². The maximum absolute atomic E-state index is 13.1. The second-order valence-electron chi connectivity index (χ2n) is 9.83. The van der Waals surface area contributed by atoms with Crippen LogP contribution in [-0.2, 0) is 0 Å². The third-order valence-corrected chi connectivity index (χ3v) is 6.63. The highest BCUT2D eigenvalue weighted by atomic mass is 16.1. The Balaban J connectivity index is 1.59. The third-order valence-electron chi connectivity index (χ3n) is 6.63. The van der Waals surface area contributed by atoms with Crippen LogP contribution >= 0.6 is 0 Å². The second kappa shape index (κ2) is 12.4. The average molecular weight is 528 g/mol. The number of carbonyl (C=O) groups is 1. The first-order chi connectivity index (χ1) is 18.7. The molecule has 2 aromatic rings. The zero-order chi connectivity index (χ0) is 27.9. The van der Waals surface area contributed by atoms with Crippen molar-refractivity contribution in [3.63, 3.8) is 0 Å². The maximum Gasteiger partial charge on any atom is 0.255 e. The van der Waals surface area contributed by atoms with Gasteiger partial charge < -0.3 is 31.1 Å². The molecule has 204 valence electrons. The fourth-order valence-corrected chi connectivity index (χ4v) is 4.32. The van der Waals surface area contributed by atoms with Crippen LogP contribution in [0.2, 0.25) is 0 Å². The summed E-state index contributed by atoms with van der Waals surface area (Å²) in [4.78, 5) is 33.2. The SMILES string of the molecule is C=C/N=C1/C=NC(N2CCCN(C)CC2)=N/C1=C(/N)Nc1cc(C(=O)Nc2cccc(N(C)C)c2)ccc1C. The molecule has 0 unspecified atom stereocenters. The zero-order valence-electron chi connectivity index (χ0n) is 23.1. The second-order valence-corrected chi connectivity index (χ2v) is 9.83. The molecule has 0 aliphatic carbocycles. The molecule has 4 rings (SSSR count). The van der Waals surface area contributed by atoms with Crippen molar-refractivity contribution < 1.29 is 4.79 Å². The molecule has 2 aliphatic rings. The zero-order valence-corrected chi connectivity index (χ0v) is 23.1. The Labute approximate surface area is 230 Å². The summed E-state index contributed by atoms with van der Waals surface area (Å²) in [5.74, 6) is 0.703. The Morgan fingerprint density at radius 1 is 1.13 bits per heavy atom. The van der Waals surface area contributed by atoms with Crippen LogP contribution in [0.15, 0.2) is 81.7 Å². The van der Waals surface area contributed by atoms with E-state index < -0.39 is 0 Å². The van der Waals surface area contributed by atoms with E-state index in [1.807, 2.05) is 56.3 Å². The number of amides is 1. The van der Waals surface area contributed by atoms with Gasteiger partial charge in [-0.05, 0) is 62.8 Å². The summed E-state index contributed by atoms with van der Waals surface area (Å²) in [6.07, 6.45) is 4.14. The standard InChI is InChI=1S/C29H37N9O/c1-6-31-25-19-32-29(38-14-8-13-37(5)15-16-38)35-26(25)27(30)34-24-17-21(12-11-20(24)2)28(39)33-22-9-7-10-23(18-22)36(3)4/h6-7,9-12,17-19,34H,1,8,13-16,30H2,2-5H3,(H,33,39)/b27-26-,31-25-. The molecule has 1 amide bonds. The lowest BCUT2D eigenvalue weighted by Gasteiger charge is -2.24. The lowest BCUT2D eigenvalue weighted by atomic mass is 10.1. The number of nitrogens with one attached hydrogen (secondary N) is 2. The largest absolute Gasteiger partial charge is 0.383 e. The molecule has 1 saturated heterocycles. The lowest BCUT2D eigenvalue weighted by Crippen LogP contribution is -2.36. The maximum atomic E-state index is 13.1. The minimum atomic E-state index is -0.217. The van der Waals surface area contributed by atoms with Crippen LogP contribution in [0.25, 0.3) is 0 Å². The fraction of sp³-hybridized carbons (Fsp3) is 0.310. The van der Waals surface area contributed by atoms with E-state index in [0.717, 1.165) is 49.5 Å². The molecule has 1 fully saturated rings. The van der Waals surface area contributed by atoms with Crippen molar-refractivity contribution in [2.24, 2.45) is 20.7 Å². The van der Waals surface area contributed by atoms with E-state index in [4.69, 9.17) is 10.7 Å². The lowest BCUT2D eigenvalue weighted by molar-refractivity contribution is 0.102. The number of guanidine groups is 1. The number of rotatable bonds is 6. The predicted octanol–water partition coefficient (Wildman–Crippen LogP) is 3.52. The highest BCUT2D eigenvalue weighted by Crippen LogP contribution is 2.23. The van der Waals surface area contributed by atoms with Crippen molar-refractivity contribution in [2.45, 2.75) is 13.3 Å². The Bertz CT molecular complexity index is 1360. The van der Waals surface area contributed by atoms with Gasteiger partial charge in [0.2, 0.25) is 5.96 Å². The van der Waals surface area contributed by atoms with E-state index in [1.54, 1.807) is 18.3 Å². The van der Waals surface area contributed by atoms with Gasteiger partial charge in [0, 0.05) is 62.6 Å². The molecule has 0 aromatic heterocycles. The molecule has 0 bridgehead atoms. The van der Waals surface area contributed by atoms with E-state index >= 15 is 0 Å². The number of aryl methyl sites for hydroxylation is 1. The Kier molecular flexibility index (Phi) is 8.77. The first-order valence-electron chi connectivity index (χ1n) is 13.0. The summed E-state index contributed by atoms with van der Waals surface area (Å²) in [6.45, 7) is 9.32. The van der Waals surface area contributed by atoms with E-state index in [0.29, 0.717) is 34.4 Å². The molecule has 4 N–H and O–H groups in total. The van der Waals surface area contributed by atoms with Gasteiger partial charge in [-0.15, -0.1) is 0 Å². The fourth-order valence-electron chi connectivity index (χ4n) is 4.32. The number of hydrogen-bond donors (Lipinski definition) is 3. The Morgan fingerprint density at radius 3 is 2.72 bits per heavy atom. The first kappa shape index (κ1) is 27.6. The van der Waals surface area contributed by atoms with Crippen LogP contribution in [0.3, 0.4) is 0 Å². The molecule has 0 radical (unpaired) electrons. The average Bonchev–Trinajstić information content (AvgIpc) is 3.14. The summed E-state index contributed by atoms with van der Waals surface area (Å²) >= 11 is 0. The van der Waals surface area contributed by atoms with Gasteiger partial charge in [0.25, 0.3) is 5.91 Å². The summed E-state index contributed by atoms with van der Waals surface area (Å²) in [5.41, 5.74) is 11.4. The molecule has 2 aromatic carbocycles. The van der Waals surface area contributed by atoms with E-state index in [2.05, 4.69) is 44.0 Å². The number of likely N-dealkylation sites (N-methyl/N-ethyl adjacent to an activating group) is 1. The molecule has 10 heteroatoms. The van der Waals surface area contributed by atoms with Crippen LogP contribution in [0.5, 0.6) is 0 Å². The van der Waals surface area contributed by atoms with Gasteiger partial charge >= 0.3 is 0 Å². The first-order valence-corrected chi connectivity index (χ1v) is 13.0. The van der Waals surface area contributed by atoms with Crippen LogP contribution in [0, 0.1) is 6.92 Å². The number of nitrogens with two attached hydrogens (primary N) is 1. The summed E-state index contributed by atoms with van der Waals surface area (Å²) in [6, 6.07) is 13.1. The number of nitrogens with zero attached hydrogens (tertiary/aromatic N) is 6. The van der Waals surface area contributed by atoms with Gasteiger partial charge in [-0.1, -0.05) is 18.7 Å². The Hall–Kier alpha value is -4.44. The van der Waals surface area contributed by atoms with Crippen molar-refractivity contribution in [1.29, 1.82) is 0 Å². The van der Waals surface area contributed by atoms with Gasteiger partial charge in [-0.2, -0.15) is 0 Å². The molecule has 2 aliphatic heterocycles. The number of carbonyl (C=O) groups excluding carboxylic acids is 1. The molecule has 0 saturated carbocycles. The van der Waals surface area contributed by atoms with Gasteiger partial charge in [0.05, 0.1) is 6.21 Å². The minimum Gasteiger partial charge on any atom is -0.383 e. The normalized spacial score (nSPS) is 18.3. The van der Waals surface area contributed by atoms with Crippen LogP contribution in [0.1, 0.15) is 22.3 Å². The van der Waals surface area contributed by atoms with Crippen molar-refractivity contribution in [3.8, 4) is 0 Å². The predicted molar refractivity (Wildman–Crippen MR) is 162 cm³/mol. The minimum absolute atomic E-state index is 0.217. The molecule has 39 heavy (non-hydrogen) atoms. The van der Waals surface area contributed by atoms with Crippen molar-refractivity contribution in [1.82, 2.24) is 9.80 Å². The molecule has 2 heterocycles. The molecule has 0 atom stereocenters. The summed E-state index contributed by atoms with van der Waals surface area (Å²) < 4.78 is 0. The van der Waals surface area contributed by atoms with E-state index in [9.17, 15) is 4.79 Å². The number of anilines is 3. The van der Waals surface area contributed by atoms with Crippen molar-refractivity contribution in [2.75, 3.05) is 62.9 Å². The quantitative estimate of drug-likeness (QED) is 0.530. The van der Waals surface area contributed by atoms with Gasteiger partial charge in [-0.25, -0.2) is 9.98 Å². The topological polar surface area (TPSA) is 114 Å². The number of aliphatic imine (C=N–C) groups is 3. The number of allylic oxidation sites excluding steroid dienone is 1. The van der Waals surface area contributed by atoms with Crippen LogP contribution in [0.4, 0.5) is 17.1 Å². The van der Waals surface area contributed by atoms with Crippen molar-refractivity contribution >= 4 is 40.9 Å². The molecule has 10 nitrogen and oxygen atoms in total. The van der Waals surface area contributed by atoms with Crippen LogP contribution in [-0.4, -0.2) is 80.9 Å².